The van der Waals surface area contributed by atoms with Gasteiger partial charge in [0.15, 0.2) is 5.69 Å². The van der Waals surface area contributed by atoms with Gasteiger partial charge in [0.25, 0.3) is 6.43 Å². The molecule has 0 bridgehead atoms. The first-order valence-corrected chi connectivity index (χ1v) is 4.75. The van der Waals surface area contributed by atoms with E-state index in [4.69, 9.17) is 0 Å². The highest BCUT2D eigenvalue weighted by Gasteiger charge is 2.41. The number of alkyl halides is 5. The predicted molar refractivity (Wildman–Crippen MR) is 52.1 cm³/mol. The number of pyridine rings is 1. The standard InChI is InChI=1S/C10H8F5NO3/c1-18-5-3-4(9(17)19-2)16-7(8(11)12)6(5)10(13,14)15/h3,8H,1-2H3. The van der Waals surface area contributed by atoms with Gasteiger partial charge in [-0.25, -0.2) is 18.6 Å². The van der Waals surface area contributed by atoms with E-state index in [1.165, 1.54) is 0 Å². The Morgan fingerprint density at radius 1 is 1.32 bits per heavy atom. The zero-order chi connectivity index (χ0) is 14.8. The largest absolute Gasteiger partial charge is 0.496 e. The molecule has 1 heterocycles. The Labute approximate surface area is 104 Å². The minimum Gasteiger partial charge on any atom is -0.496 e. The van der Waals surface area contributed by atoms with E-state index in [0.717, 1.165) is 14.2 Å². The van der Waals surface area contributed by atoms with Gasteiger partial charge in [0.1, 0.15) is 17.0 Å². The maximum Gasteiger partial charge on any atom is 0.421 e. The van der Waals surface area contributed by atoms with Crippen molar-refractivity contribution in [2.24, 2.45) is 0 Å². The molecule has 1 aromatic rings. The van der Waals surface area contributed by atoms with Crippen LogP contribution in [-0.2, 0) is 10.9 Å². The van der Waals surface area contributed by atoms with Crippen molar-refractivity contribution in [1.82, 2.24) is 4.98 Å². The lowest BCUT2D eigenvalue weighted by atomic mass is 10.1. The molecule has 0 aliphatic carbocycles. The molecule has 0 atom stereocenters. The summed E-state index contributed by atoms with van der Waals surface area (Å²) in [6, 6.07) is 0.598. The van der Waals surface area contributed by atoms with Crippen LogP contribution in [0.25, 0.3) is 0 Å². The molecule has 1 aromatic heterocycles. The molecule has 0 fully saturated rings. The quantitative estimate of drug-likeness (QED) is 0.633. The third kappa shape index (κ3) is 3.09. The van der Waals surface area contributed by atoms with Crippen LogP contribution in [-0.4, -0.2) is 25.2 Å². The van der Waals surface area contributed by atoms with Gasteiger partial charge in [0, 0.05) is 6.07 Å². The lowest BCUT2D eigenvalue weighted by Crippen LogP contribution is -2.16. The third-order valence-electron chi connectivity index (χ3n) is 2.12. The number of carbonyl (C=O) groups excluding carboxylic acids is 1. The molecule has 0 N–H and O–H groups in total. The summed E-state index contributed by atoms with van der Waals surface area (Å²) in [6.45, 7) is 0. The summed E-state index contributed by atoms with van der Waals surface area (Å²) < 4.78 is 72.0. The first-order chi connectivity index (χ1) is 8.72. The summed E-state index contributed by atoms with van der Waals surface area (Å²) in [5.74, 6) is -2.06. The lowest BCUT2D eigenvalue weighted by Gasteiger charge is -2.16. The molecule has 106 valence electrons. The minimum absolute atomic E-state index is 0.598. The third-order valence-corrected chi connectivity index (χ3v) is 2.12. The molecule has 1 rings (SSSR count). The number of rotatable bonds is 3. The fourth-order valence-electron chi connectivity index (χ4n) is 1.35. The number of hydrogen-bond acceptors (Lipinski definition) is 4. The second-order valence-corrected chi connectivity index (χ2v) is 3.26. The number of ether oxygens (including phenoxy) is 2. The van der Waals surface area contributed by atoms with Gasteiger partial charge in [-0.05, 0) is 0 Å². The molecular formula is C10H8F5NO3. The van der Waals surface area contributed by atoms with E-state index in [9.17, 15) is 26.7 Å². The summed E-state index contributed by atoms with van der Waals surface area (Å²) in [4.78, 5) is 14.1. The van der Waals surface area contributed by atoms with Gasteiger partial charge in [-0.2, -0.15) is 13.2 Å². The monoisotopic (exact) mass is 285 g/mol. The van der Waals surface area contributed by atoms with Crippen molar-refractivity contribution in [2.45, 2.75) is 12.6 Å². The van der Waals surface area contributed by atoms with Gasteiger partial charge < -0.3 is 9.47 Å². The summed E-state index contributed by atoms with van der Waals surface area (Å²) in [5.41, 5.74) is -3.98. The van der Waals surface area contributed by atoms with Crippen LogP contribution in [0, 0.1) is 0 Å². The van der Waals surface area contributed by atoms with Crippen molar-refractivity contribution in [2.75, 3.05) is 14.2 Å². The SMILES string of the molecule is COC(=O)c1cc(OC)c(C(F)(F)F)c(C(F)F)n1. The topological polar surface area (TPSA) is 48.4 Å². The molecule has 19 heavy (non-hydrogen) atoms. The zero-order valence-corrected chi connectivity index (χ0v) is 9.72. The maximum absolute atomic E-state index is 12.7. The number of halogens is 5. The summed E-state index contributed by atoms with van der Waals surface area (Å²) in [5, 5.41) is 0. The number of methoxy groups -OCH3 is 2. The van der Waals surface area contributed by atoms with Crippen LogP contribution in [0.15, 0.2) is 6.07 Å². The van der Waals surface area contributed by atoms with Crippen LogP contribution in [0.5, 0.6) is 5.75 Å². The average Bonchev–Trinajstić information content (AvgIpc) is 2.34. The van der Waals surface area contributed by atoms with Crippen LogP contribution in [0.2, 0.25) is 0 Å². The van der Waals surface area contributed by atoms with Crippen molar-refractivity contribution in [1.29, 1.82) is 0 Å². The van der Waals surface area contributed by atoms with Crippen LogP contribution in [0.1, 0.15) is 28.2 Å². The normalized spacial score (nSPS) is 11.6. The number of esters is 1. The summed E-state index contributed by atoms with van der Waals surface area (Å²) >= 11 is 0. The average molecular weight is 285 g/mol. The minimum atomic E-state index is -5.08. The molecule has 0 saturated heterocycles. The summed E-state index contributed by atoms with van der Waals surface area (Å²) in [7, 11) is 1.80. The van der Waals surface area contributed by atoms with E-state index < -0.39 is 41.3 Å². The van der Waals surface area contributed by atoms with E-state index in [-0.39, 0.29) is 0 Å². The van der Waals surface area contributed by atoms with Gasteiger partial charge >= 0.3 is 12.1 Å². The molecule has 0 spiro atoms. The van der Waals surface area contributed by atoms with Crippen molar-refractivity contribution in [3.8, 4) is 5.75 Å². The van der Waals surface area contributed by atoms with E-state index in [0.29, 0.717) is 6.07 Å². The number of nitrogens with zero attached hydrogens (tertiary/aromatic N) is 1. The Morgan fingerprint density at radius 3 is 2.26 bits per heavy atom. The van der Waals surface area contributed by atoms with Gasteiger partial charge in [-0.3, -0.25) is 0 Å². The molecule has 0 saturated carbocycles. The molecule has 0 unspecified atom stereocenters. The fourth-order valence-corrected chi connectivity index (χ4v) is 1.35. The van der Waals surface area contributed by atoms with E-state index in [2.05, 4.69) is 14.5 Å². The van der Waals surface area contributed by atoms with Gasteiger partial charge in [0.05, 0.1) is 14.2 Å². The Bertz CT molecular complexity index is 487. The van der Waals surface area contributed by atoms with E-state index in [1.54, 1.807) is 0 Å². The van der Waals surface area contributed by atoms with Crippen LogP contribution in [0.4, 0.5) is 22.0 Å². The Kier molecular flexibility index (Phi) is 4.28. The molecule has 4 nitrogen and oxygen atoms in total. The molecule has 0 radical (unpaired) electrons. The van der Waals surface area contributed by atoms with Crippen molar-refractivity contribution < 1.29 is 36.2 Å². The van der Waals surface area contributed by atoms with Crippen molar-refractivity contribution >= 4 is 5.97 Å². The predicted octanol–water partition coefficient (Wildman–Crippen LogP) is 2.83. The number of aromatic nitrogens is 1. The Hall–Kier alpha value is -1.93. The van der Waals surface area contributed by atoms with E-state index >= 15 is 0 Å². The van der Waals surface area contributed by atoms with E-state index in [1.807, 2.05) is 0 Å². The van der Waals surface area contributed by atoms with Crippen LogP contribution in [0.3, 0.4) is 0 Å². The number of carbonyl (C=O) groups is 1. The van der Waals surface area contributed by atoms with Gasteiger partial charge in [-0.1, -0.05) is 0 Å². The Morgan fingerprint density at radius 2 is 1.89 bits per heavy atom. The van der Waals surface area contributed by atoms with Crippen molar-refractivity contribution in [3.63, 3.8) is 0 Å². The Balaban J connectivity index is 3.59. The van der Waals surface area contributed by atoms with Crippen LogP contribution < -0.4 is 4.74 Å². The highest BCUT2D eigenvalue weighted by molar-refractivity contribution is 5.87. The zero-order valence-electron chi connectivity index (χ0n) is 9.72. The first kappa shape index (κ1) is 15.1. The van der Waals surface area contributed by atoms with Gasteiger partial charge in [0.2, 0.25) is 0 Å². The molecular weight excluding hydrogens is 277 g/mol. The fraction of sp³-hybridized carbons (Fsp3) is 0.400. The first-order valence-electron chi connectivity index (χ1n) is 4.75. The molecule has 0 amide bonds. The smallest absolute Gasteiger partial charge is 0.421 e. The van der Waals surface area contributed by atoms with Gasteiger partial charge in [-0.15, -0.1) is 0 Å². The maximum atomic E-state index is 12.7. The second kappa shape index (κ2) is 5.37. The van der Waals surface area contributed by atoms with Crippen molar-refractivity contribution in [3.05, 3.63) is 23.0 Å². The highest BCUT2D eigenvalue weighted by Crippen LogP contribution is 2.41. The molecule has 0 aliphatic heterocycles. The molecule has 0 aromatic carbocycles. The highest BCUT2D eigenvalue weighted by atomic mass is 19.4. The second-order valence-electron chi connectivity index (χ2n) is 3.26. The van der Waals surface area contributed by atoms with Crippen LogP contribution >= 0.6 is 0 Å². The molecule has 0 aliphatic rings. The lowest BCUT2D eigenvalue weighted by molar-refractivity contribution is -0.141. The number of hydrogen-bond donors (Lipinski definition) is 0. The summed E-state index contributed by atoms with van der Waals surface area (Å²) in [6.07, 6.45) is -8.60. The molecule has 9 heteroatoms.